The lowest BCUT2D eigenvalue weighted by Crippen LogP contribution is -2.54. The highest BCUT2D eigenvalue weighted by Gasteiger charge is 2.46. The molecule has 222 valence electrons. The van der Waals surface area contributed by atoms with Crippen LogP contribution in [0.1, 0.15) is 63.8 Å². The van der Waals surface area contributed by atoms with E-state index in [-0.39, 0.29) is 17.5 Å². The molecule has 0 bridgehead atoms. The highest BCUT2D eigenvalue weighted by atomic mass is 16.2. The number of carbonyl (C=O) groups excluding carboxylic acids is 3. The normalized spacial score (nSPS) is 15.0. The lowest BCUT2D eigenvalue weighted by Gasteiger charge is -2.34. The molecule has 3 heterocycles. The van der Waals surface area contributed by atoms with Gasteiger partial charge in [0.05, 0.1) is 11.7 Å². The molecule has 0 spiro atoms. The Balaban J connectivity index is 1.50. The van der Waals surface area contributed by atoms with Crippen molar-refractivity contribution in [2.45, 2.75) is 39.3 Å². The molecular weight excluding hydrogens is 550 g/mol. The predicted molar refractivity (Wildman–Crippen MR) is 171 cm³/mol. The summed E-state index contributed by atoms with van der Waals surface area (Å²) in [5, 5.41) is 1.01. The van der Waals surface area contributed by atoms with Crippen LogP contribution < -0.4 is 10.9 Å². The van der Waals surface area contributed by atoms with E-state index < -0.39 is 23.9 Å². The third-order valence-corrected chi connectivity index (χ3v) is 8.27. The molecule has 0 saturated carbocycles. The van der Waals surface area contributed by atoms with Gasteiger partial charge in [0.2, 0.25) is 0 Å². The number of hydrazine groups is 1. The van der Waals surface area contributed by atoms with Crippen LogP contribution in [0.5, 0.6) is 0 Å². The van der Waals surface area contributed by atoms with Crippen molar-refractivity contribution in [2.75, 3.05) is 0 Å². The molecule has 8 heteroatoms. The van der Waals surface area contributed by atoms with Gasteiger partial charge in [-0.25, -0.2) is 0 Å². The molecule has 6 rings (SSSR count). The van der Waals surface area contributed by atoms with E-state index in [1.807, 2.05) is 57.3 Å². The topological polar surface area (TPSA) is 96.3 Å². The third-order valence-electron chi connectivity index (χ3n) is 8.27. The average molecular weight is 586 g/mol. The average Bonchev–Trinajstić information content (AvgIpc) is 3.49. The Morgan fingerprint density at radius 3 is 2.32 bits per heavy atom. The molecule has 1 aliphatic rings. The smallest absolute Gasteiger partial charge is 0.288 e. The molecule has 2 N–H and O–H groups in total. The molecule has 44 heavy (non-hydrogen) atoms. The van der Waals surface area contributed by atoms with Gasteiger partial charge >= 0.3 is 0 Å². The number of hydrogen-bond donors (Lipinski definition) is 2. The number of fused-ring (bicyclic) bond motifs is 2. The third kappa shape index (κ3) is 5.13. The SMILES string of the molecule is Cc1ccc(-c2c(C3c4ccccc4C(=O)N3C(CC(C)C)C(=O)NNC(=O)c3ccccn3)c3ccccc3n2C)cc1. The van der Waals surface area contributed by atoms with Gasteiger partial charge in [-0.05, 0) is 54.7 Å². The van der Waals surface area contributed by atoms with Crippen LogP contribution >= 0.6 is 0 Å². The number of nitrogens with one attached hydrogen (secondary N) is 2. The van der Waals surface area contributed by atoms with E-state index in [2.05, 4.69) is 63.7 Å². The van der Waals surface area contributed by atoms with E-state index in [1.165, 1.54) is 6.20 Å². The van der Waals surface area contributed by atoms with Gasteiger partial charge in [0, 0.05) is 35.3 Å². The van der Waals surface area contributed by atoms with Gasteiger partial charge in [-0.1, -0.05) is 86.1 Å². The molecule has 0 saturated heterocycles. The number of hydrogen-bond acceptors (Lipinski definition) is 4. The van der Waals surface area contributed by atoms with Crippen molar-refractivity contribution in [1.82, 2.24) is 25.3 Å². The Bertz CT molecular complexity index is 1860. The zero-order valence-corrected chi connectivity index (χ0v) is 25.2. The van der Waals surface area contributed by atoms with Crippen molar-refractivity contribution >= 4 is 28.6 Å². The monoisotopic (exact) mass is 585 g/mol. The van der Waals surface area contributed by atoms with Gasteiger partial charge in [-0.3, -0.25) is 30.2 Å². The summed E-state index contributed by atoms with van der Waals surface area (Å²) in [6, 6.07) is 27.7. The van der Waals surface area contributed by atoms with E-state index in [0.29, 0.717) is 12.0 Å². The second-order valence-electron chi connectivity index (χ2n) is 11.7. The fraction of sp³-hybridized carbons (Fsp3) is 0.222. The number of aromatic nitrogens is 2. The second kappa shape index (κ2) is 11.8. The van der Waals surface area contributed by atoms with Gasteiger partial charge in [-0.15, -0.1) is 0 Å². The quantitative estimate of drug-likeness (QED) is 0.230. The summed E-state index contributed by atoms with van der Waals surface area (Å²) in [4.78, 5) is 46.9. The van der Waals surface area contributed by atoms with Gasteiger partial charge < -0.3 is 9.47 Å². The van der Waals surface area contributed by atoms with Crippen molar-refractivity contribution in [2.24, 2.45) is 13.0 Å². The number of nitrogens with zero attached hydrogens (tertiary/aromatic N) is 3. The van der Waals surface area contributed by atoms with Crippen molar-refractivity contribution in [3.8, 4) is 11.3 Å². The van der Waals surface area contributed by atoms with E-state index in [0.717, 1.165) is 38.9 Å². The number of pyridine rings is 1. The van der Waals surface area contributed by atoms with E-state index >= 15 is 0 Å². The van der Waals surface area contributed by atoms with Crippen LogP contribution in [-0.2, 0) is 11.8 Å². The zero-order chi connectivity index (χ0) is 31.0. The van der Waals surface area contributed by atoms with Gasteiger partial charge in [0.15, 0.2) is 0 Å². The Morgan fingerprint density at radius 1 is 0.886 bits per heavy atom. The van der Waals surface area contributed by atoms with Crippen LogP contribution in [-0.4, -0.2) is 38.2 Å². The van der Waals surface area contributed by atoms with Gasteiger partial charge in [0.25, 0.3) is 17.7 Å². The Labute approximate surface area is 256 Å². The molecular formula is C36H35N5O3. The number of aryl methyl sites for hydroxylation is 2. The van der Waals surface area contributed by atoms with Crippen LogP contribution in [0, 0.1) is 12.8 Å². The highest BCUT2D eigenvalue weighted by Crippen LogP contribution is 2.47. The Kier molecular flexibility index (Phi) is 7.74. The second-order valence-corrected chi connectivity index (χ2v) is 11.7. The first-order valence-corrected chi connectivity index (χ1v) is 14.8. The van der Waals surface area contributed by atoms with E-state index in [9.17, 15) is 14.4 Å². The molecule has 0 radical (unpaired) electrons. The summed E-state index contributed by atoms with van der Waals surface area (Å²) < 4.78 is 2.17. The summed E-state index contributed by atoms with van der Waals surface area (Å²) in [6.07, 6.45) is 1.91. The first-order valence-electron chi connectivity index (χ1n) is 14.8. The molecule has 3 amide bonds. The zero-order valence-electron chi connectivity index (χ0n) is 25.2. The summed E-state index contributed by atoms with van der Waals surface area (Å²) >= 11 is 0. The highest BCUT2D eigenvalue weighted by molar-refractivity contribution is 6.05. The first kappa shape index (κ1) is 28.9. The van der Waals surface area contributed by atoms with Crippen LogP contribution in [0.4, 0.5) is 0 Å². The Morgan fingerprint density at radius 2 is 1.59 bits per heavy atom. The van der Waals surface area contributed by atoms with Crippen molar-refractivity contribution in [3.05, 3.63) is 125 Å². The van der Waals surface area contributed by atoms with Crippen LogP contribution in [0.15, 0.2) is 97.2 Å². The fourth-order valence-corrected chi connectivity index (χ4v) is 6.27. The minimum absolute atomic E-state index is 0.0819. The molecule has 0 aliphatic carbocycles. The van der Waals surface area contributed by atoms with E-state index in [4.69, 9.17) is 0 Å². The first-order chi connectivity index (χ1) is 21.3. The maximum Gasteiger partial charge on any atom is 0.288 e. The lowest BCUT2D eigenvalue weighted by atomic mass is 9.91. The molecule has 3 aromatic carbocycles. The fourth-order valence-electron chi connectivity index (χ4n) is 6.27. The van der Waals surface area contributed by atoms with Crippen LogP contribution in [0.25, 0.3) is 22.2 Å². The minimum atomic E-state index is -0.867. The largest absolute Gasteiger partial charge is 0.343 e. The summed E-state index contributed by atoms with van der Waals surface area (Å²) in [6.45, 7) is 6.09. The molecule has 2 aromatic heterocycles. The minimum Gasteiger partial charge on any atom is -0.343 e. The maximum absolute atomic E-state index is 14.3. The molecule has 1 aliphatic heterocycles. The van der Waals surface area contributed by atoms with Crippen LogP contribution in [0.3, 0.4) is 0 Å². The predicted octanol–water partition coefficient (Wildman–Crippen LogP) is 5.97. The van der Waals surface area contributed by atoms with Crippen molar-refractivity contribution in [3.63, 3.8) is 0 Å². The van der Waals surface area contributed by atoms with E-state index in [1.54, 1.807) is 23.1 Å². The molecule has 8 nitrogen and oxygen atoms in total. The maximum atomic E-state index is 14.3. The van der Waals surface area contributed by atoms with Gasteiger partial charge in [-0.2, -0.15) is 0 Å². The molecule has 0 fully saturated rings. The molecule has 2 atom stereocenters. The standard InChI is InChI=1S/C36H35N5O3/c1-22(2)21-30(35(43)39-38-34(42)28-14-9-10-20-37-28)41-33(25-11-5-6-12-26(25)36(41)44)31-27-13-7-8-15-29(27)40(4)32(31)24-18-16-23(3)17-19-24/h5-20,22,30,33H,21H2,1-4H3,(H,38,42)(H,39,43). The van der Waals surface area contributed by atoms with Crippen molar-refractivity contribution < 1.29 is 14.4 Å². The molecule has 2 unspecified atom stereocenters. The number of benzene rings is 3. The lowest BCUT2D eigenvalue weighted by molar-refractivity contribution is -0.127. The van der Waals surface area contributed by atoms with Crippen molar-refractivity contribution in [1.29, 1.82) is 0 Å². The van der Waals surface area contributed by atoms with Crippen LogP contribution in [0.2, 0.25) is 0 Å². The van der Waals surface area contributed by atoms with Gasteiger partial charge in [0.1, 0.15) is 11.7 Å². The number of amides is 3. The number of rotatable bonds is 7. The summed E-state index contributed by atoms with van der Waals surface area (Å²) in [5.74, 6) is -1.14. The summed E-state index contributed by atoms with van der Waals surface area (Å²) in [7, 11) is 2.04. The number of carbonyl (C=O) groups is 3. The molecule has 5 aromatic rings. The summed E-state index contributed by atoms with van der Waals surface area (Å²) in [5.41, 5.74) is 11.8. The Hall–Kier alpha value is -5.24. The number of para-hydroxylation sites is 1.